The van der Waals surface area contributed by atoms with Crippen LogP contribution in [0, 0.1) is 5.92 Å². The van der Waals surface area contributed by atoms with Crippen molar-refractivity contribution < 1.29 is 4.79 Å². The molecule has 0 radical (unpaired) electrons. The number of piperidine rings is 1. The number of nitrogens with zero attached hydrogens (tertiary/aromatic N) is 2. The largest absolute Gasteiger partial charge is 0.323 e. The second-order valence-electron chi connectivity index (χ2n) is 6.41. The highest BCUT2D eigenvalue weighted by Crippen LogP contribution is 2.29. The van der Waals surface area contributed by atoms with Crippen LogP contribution in [0.2, 0.25) is 5.02 Å². The van der Waals surface area contributed by atoms with Crippen LogP contribution >= 0.6 is 11.6 Å². The first-order chi connectivity index (χ1) is 10.7. The van der Waals surface area contributed by atoms with E-state index in [4.69, 9.17) is 11.6 Å². The fraction of sp³-hybridized carbons (Fsp3) is 0.588. The van der Waals surface area contributed by atoms with Gasteiger partial charge in [0.1, 0.15) is 0 Å². The fourth-order valence-electron chi connectivity index (χ4n) is 3.66. The Morgan fingerprint density at radius 2 is 2.09 bits per heavy atom. The number of rotatable bonds is 3. The zero-order chi connectivity index (χ0) is 15.5. The third-order valence-corrected chi connectivity index (χ3v) is 5.07. The highest BCUT2D eigenvalue weighted by Gasteiger charge is 2.35. The van der Waals surface area contributed by atoms with Gasteiger partial charge in [-0.1, -0.05) is 30.7 Å². The third-order valence-electron chi connectivity index (χ3n) is 4.74. The van der Waals surface area contributed by atoms with Crippen LogP contribution in [-0.4, -0.2) is 48.1 Å². The lowest BCUT2D eigenvalue weighted by atomic mass is 9.95. The molecule has 0 aromatic heterocycles. The molecule has 0 unspecified atom stereocenters. The van der Waals surface area contributed by atoms with Gasteiger partial charge in [-0.2, -0.15) is 0 Å². The van der Waals surface area contributed by atoms with E-state index < -0.39 is 0 Å². The number of hydrogen-bond acceptors (Lipinski definition) is 2. The first-order valence-electron chi connectivity index (χ1n) is 8.22. The van der Waals surface area contributed by atoms with Crippen molar-refractivity contribution in [3.05, 3.63) is 29.3 Å². The lowest BCUT2D eigenvalue weighted by Gasteiger charge is -2.35. The quantitative estimate of drug-likeness (QED) is 0.921. The number of halogens is 1. The number of carbonyl (C=O) groups excluding carboxylic acids is 1. The Balaban J connectivity index is 1.68. The summed E-state index contributed by atoms with van der Waals surface area (Å²) >= 11 is 6.13. The molecule has 1 aromatic rings. The van der Waals surface area contributed by atoms with Gasteiger partial charge in [-0.3, -0.25) is 4.90 Å². The standard InChI is InChI=1S/C17H24ClN3O/c1-2-9-20-10-13-7-8-14(20)12-21(11-13)17(22)19-16-6-4-3-5-15(16)18/h3-6,13-14H,2,7-12H2,1H3,(H,19,22)/t13-,14-/m1/s1. The third kappa shape index (κ3) is 3.39. The van der Waals surface area contributed by atoms with Crippen molar-refractivity contribution >= 4 is 23.3 Å². The van der Waals surface area contributed by atoms with Crippen LogP contribution in [0.4, 0.5) is 10.5 Å². The number of anilines is 1. The Bertz CT molecular complexity index is 536. The molecule has 3 aliphatic rings. The van der Waals surface area contributed by atoms with Crippen LogP contribution in [0.3, 0.4) is 0 Å². The van der Waals surface area contributed by atoms with Crippen molar-refractivity contribution in [2.45, 2.75) is 32.2 Å². The van der Waals surface area contributed by atoms with Crippen molar-refractivity contribution in [3.8, 4) is 0 Å². The van der Waals surface area contributed by atoms with E-state index in [1.807, 2.05) is 23.1 Å². The van der Waals surface area contributed by atoms with Gasteiger partial charge in [-0.15, -0.1) is 0 Å². The zero-order valence-corrected chi connectivity index (χ0v) is 13.9. The van der Waals surface area contributed by atoms with Crippen LogP contribution in [0.25, 0.3) is 0 Å². The predicted molar refractivity (Wildman–Crippen MR) is 90.4 cm³/mol. The summed E-state index contributed by atoms with van der Waals surface area (Å²) in [6, 6.07) is 7.88. The maximum atomic E-state index is 12.6. The minimum atomic E-state index is -0.0247. The molecule has 0 aliphatic carbocycles. The molecule has 22 heavy (non-hydrogen) atoms. The summed E-state index contributed by atoms with van der Waals surface area (Å²) in [4.78, 5) is 17.1. The van der Waals surface area contributed by atoms with Gasteiger partial charge in [0, 0.05) is 25.7 Å². The predicted octanol–water partition coefficient (Wildman–Crippen LogP) is 3.68. The van der Waals surface area contributed by atoms with Crippen LogP contribution in [0.5, 0.6) is 0 Å². The molecule has 0 spiro atoms. The van der Waals surface area contributed by atoms with E-state index in [0.29, 0.717) is 22.7 Å². The molecule has 4 nitrogen and oxygen atoms in total. The Hall–Kier alpha value is -1.26. The van der Waals surface area contributed by atoms with Gasteiger partial charge in [0.15, 0.2) is 0 Å². The summed E-state index contributed by atoms with van der Waals surface area (Å²) < 4.78 is 0. The summed E-state index contributed by atoms with van der Waals surface area (Å²) in [6.45, 7) is 6.18. The number of hydrogen-bond donors (Lipinski definition) is 1. The number of amides is 2. The summed E-state index contributed by atoms with van der Waals surface area (Å²) in [5, 5.41) is 3.54. The lowest BCUT2D eigenvalue weighted by molar-refractivity contribution is 0.132. The summed E-state index contributed by atoms with van der Waals surface area (Å²) in [6.07, 6.45) is 3.62. The molecule has 120 valence electrons. The summed E-state index contributed by atoms with van der Waals surface area (Å²) in [5.74, 6) is 0.599. The molecule has 1 aromatic carbocycles. The second kappa shape index (κ2) is 6.88. The molecule has 2 bridgehead atoms. The molecular formula is C17H24ClN3O. The van der Waals surface area contributed by atoms with Crippen LogP contribution in [0.15, 0.2) is 24.3 Å². The molecule has 0 saturated carbocycles. The number of urea groups is 1. The van der Waals surface area contributed by atoms with Crippen molar-refractivity contribution in [1.29, 1.82) is 0 Å². The topological polar surface area (TPSA) is 35.6 Å². The number of benzene rings is 1. The molecule has 3 saturated heterocycles. The minimum absolute atomic E-state index is 0.0247. The minimum Gasteiger partial charge on any atom is -0.323 e. The van der Waals surface area contributed by atoms with Crippen molar-refractivity contribution in [2.75, 3.05) is 31.5 Å². The highest BCUT2D eigenvalue weighted by atomic mass is 35.5. The number of carbonyl (C=O) groups is 1. The molecule has 5 heteroatoms. The van der Waals surface area contributed by atoms with Gasteiger partial charge in [0.2, 0.25) is 0 Å². The van der Waals surface area contributed by atoms with Crippen molar-refractivity contribution in [2.24, 2.45) is 5.92 Å². The van der Waals surface area contributed by atoms with Gasteiger partial charge in [0.25, 0.3) is 0 Å². The maximum Gasteiger partial charge on any atom is 0.321 e. The second-order valence-corrected chi connectivity index (χ2v) is 6.81. The average molecular weight is 322 g/mol. The molecular weight excluding hydrogens is 298 g/mol. The van der Waals surface area contributed by atoms with E-state index in [-0.39, 0.29) is 6.03 Å². The molecule has 3 aliphatic heterocycles. The summed E-state index contributed by atoms with van der Waals surface area (Å²) in [7, 11) is 0. The molecule has 1 N–H and O–H groups in total. The van der Waals surface area contributed by atoms with Gasteiger partial charge in [-0.25, -0.2) is 4.79 Å². The normalized spacial score (nSPS) is 25.1. The van der Waals surface area contributed by atoms with Gasteiger partial charge in [-0.05, 0) is 43.9 Å². The average Bonchev–Trinajstić information content (AvgIpc) is 2.82. The van der Waals surface area contributed by atoms with Crippen molar-refractivity contribution in [3.63, 3.8) is 0 Å². The number of fused-ring (bicyclic) bond motifs is 4. The van der Waals surface area contributed by atoms with Crippen LogP contribution in [-0.2, 0) is 0 Å². The zero-order valence-electron chi connectivity index (χ0n) is 13.1. The SMILES string of the molecule is CCCN1C[C@H]2CC[C@@H]1CN(C(=O)Nc1ccccc1Cl)C2. The van der Waals surface area contributed by atoms with E-state index in [2.05, 4.69) is 17.1 Å². The van der Waals surface area contributed by atoms with Gasteiger partial charge < -0.3 is 10.2 Å². The monoisotopic (exact) mass is 321 g/mol. The Labute approximate surface area is 137 Å². The maximum absolute atomic E-state index is 12.6. The molecule has 4 rings (SSSR count). The molecule has 3 fully saturated rings. The van der Waals surface area contributed by atoms with E-state index in [9.17, 15) is 4.79 Å². The highest BCUT2D eigenvalue weighted by molar-refractivity contribution is 6.33. The first kappa shape index (κ1) is 15.6. The van der Waals surface area contributed by atoms with E-state index in [1.54, 1.807) is 6.07 Å². The van der Waals surface area contributed by atoms with E-state index in [0.717, 1.165) is 26.2 Å². The Morgan fingerprint density at radius 3 is 2.86 bits per heavy atom. The smallest absolute Gasteiger partial charge is 0.321 e. The molecule has 3 heterocycles. The van der Waals surface area contributed by atoms with Crippen LogP contribution < -0.4 is 5.32 Å². The fourth-order valence-corrected chi connectivity index (χ4v) is 3.85. The van der Waals surface area contributed by atoms with E-state index >= 15 is 0 Å². The molecule has 2 amide bonds. The first-order valence-corrected chi connectivity index (χ1v) is 8.59. The molecule has 2 atom stereocenters. The number of para-hydroxylation sites is 1. The Kier molecular flexibility index (Phi) is 4.89. The van der Waals surface area contributed by atoms with Gasteiger partial charge in [0.05, 0.1) is 10.7 Å². The summed E-state index contributed by atoms with van der Waals surface area (Å²) in [5.41, 5.74) is 0.691. The van der Waals surface area contributed by atoms with Gasteiger partial charge >= 0.3 is 6.03 Å². The number of nitrogens with one attached hydrogen (secondary N) is 1. The Morgan fingerprint density at radius 1 is 1.27 bits per heavy atom. The van der Waals surface area contributed by atoms with E-state index in [1.165, 1.54) is 19.3 Å². The lowest BCUT2D eigenvalue weighted by Crippen LogP contribution is -2.45. The van der Waals surface area contributed by atoms with Crippen molar-refractivity contribution in [1.82, 2.24) is 9.80 Å². The van der Waals surface area contributed by atoms with Crippen LogP contribution in [0.1, 0.15) is 26.2 Å².